The number of rotatable bonds is 7. The Morgan fingerprint density at radius 1 is 0.846 bits per heavy atom. The molecule has 2 aromatic rings. The number of nitrogens with one attached hydrogen (secondary N) is 1. The van der Waals surface area contributed by atoms with Crippen LogP contribution in [0.25, 0.3) is 0 Å². The van der Waals surface area contributed by atoms with E-state index >= 15 is 0 Å². The molecule has 2 rings (SSSR count). The molecule has 2 aromatic carbocycles. The summed E-state index contributed by atoms with van der Waals surface area (Å²) in [5, 5.41) is 0. The van der Waals surface area contributed by atoms with Crippen LogP contribution in [0.3, 0.4) is 0 Å². The van der Waals surface area contributed by atoms with Crippen LogP contribution in [0.15, 0.2) is 35.2 Å². The first-order valence-corrected chi connectivity index (χ1v) is 8.61. The van der Waals surface area contributed by atoms with Gasteiger partial charge >= 0.3 is 0 Å². The molecule has 0 aliphatic heterocycles. The van der Waals surface area contributed by atoms with Gasteiger partial charge in [-0.3, -0.25) is 4.72 Å². The largest absolute Gasteiger partial charge is 0.495 e. The smallest absolute Gasteiger partial charge is 0.262 e. The Morgan fingerprint density at radius 3 is 1.81 bits per heavy atom. The van der Waals surface area contributed by atoms with Gasteiger partial charge in [-0.1, -0.05) is 0 Å². The van der Waals surface area contributed by atoms with Crippen LogP contribution in [0.1, 0.15) is 0 Å². The van der Waals surface area contributed by atoms with Crippen LogP contribution >= 0.6 is 12.4 Å². The van der Waals surface area contributed by atoms with Crippen LogP contribution in [0.5, 0.6) is 23.0 Å². The van der Waals surface area contributed by atoms with Gasteiger partial charge in [0.2, 0.25) is 5.75 Å². The highest BCUT2D eigenvalue weighted by Gasteiger charge is 2.21. The van der Waals surface area contributed by atoms with Crippen molar-refractivity contribution in [2.75, 3.05) is 38.9 Å². The number of anilines is 2. The molecule has 26 heavy (non-hydrogen) atoms. The van der Waals surface area contributed by atoms with Crippen LogP contribution in [0.2, 0.25) is 0 Å². The van der Waals surface area contributed by atoms with Gasteiger partial charge in [0.15, 0.2) is 11.5 Å². The first-order valence-electron chi connectivity index (χ1n) is 7.12. The van der Waals surface area contributed by atoms with Crippen LogP contribution in [0, 0.1) is 0 Å². The molecule has 0 saturated carbocycles. The molecule has 3 N–H and O–H groups in total. The zero-order valence-electron chi connectivity index (χ0n) is 14.7. The Labute approximate surface area is 158 Å². The third-order valence-electron chi connectivity index (χ3n) is 3.43. The van der Waals surface area contributed by atoms with Crippen molar-refractivity contribution in [3.05, 3.63) is 30.3 Å². The maximum atomic E-state index is 12.7. The molecule has 0 spiro atoms. The van der Waals surface area contributed by atoms with Crippen LogP contribution in [-0.4, -0.2) is 36.9 Å². The van der Waals surface area contributed by atoms with Crippen molar-refractivity contribution in [3.8, 4) is 23.0 Å². The van der Waals surface area contributed by atoms with Gasteiger partial charge in [-0.05, 0) is 18.2 Å². The summed E-state index contributed by atoms with van der Waals surface area (Å²) in [5.74, 6) is 1.22. The summed E-state index contributed by atoms with van der Waals surface area (Å²) in [5.41, 5.74) is 6.41. The van der Waals surface area contributed by atoms with E-state index in [2.05, 4.69) is 4.72 Å². The fraction of sp³-hybridized carbons (Fsp3) is 0.250. The molecular formula is C16H21ClN2O6S. The first-order chi connectivity index (χ1) is 11.9. The minimum absolute atomic E-state index is 0. The van der Waals surface area contributed by atoms with Crippen molar-refractivity contribution in [1.82, 2.24) is 0 Å². The molecular weight excluding hydrogens is 384 g/mol. The van der Waals surface area contributed by atoms with Gasteiger partial charge in [0, 0.05) is 12.1 Å². The molecule has 10 heteroatoms. The summed E-state index contributed by atoms with van der Waals surface area (Å²) in [4.78, 5) is -0.0450. The molecule has 0 fully saturated rings. The number of ether oxygens (including phenoxy) is 4. The molecule has 0 unspecified atom stereocenters. The molecule has 0 atom stereocenters. The Kier molecular flexibility index (Phi) is 7.22. The molecule has 0 heterocycles. The second-order valence-electron chi connectivity index (χ2n) is 4.92. The first kappa shape index (κ1) is 21.5. The summed E-state index contributed by atoms with van der Waals surface area (Å²) >= 11 is 0. The van der Waals surface area contributed by atoms with E-state index in [-0.39, 0.29) is 28.8 Å². The quantitative estimate of drug-likeness (QED) is 0.682. The van der Waals surface area contributed by atoms with Crippen molar-refractivity contribution in [3.63, 3.8) is 0 Å². The summed E-state index contributed by atoms with van der Waals surface area (Å²) in [7, 11) is 1.83. The molecule has 144 valence electrons. The second-order valence-corrected chi connectivity index (χ2v) is 6.61. The van der Waals surface area contributed by atoms with E-state index in [0.29, 0.717) is 22.9 Å². The van der Waals surface area contributed by atoms with Gasteiger partial charge < -0.3 is 24.7 Å². The van der Waals surface area contributed by atoms with Gasteiger partial charge in [-0.2, -0.15) is 0 Å². The molecule has 0 bridgehead atoms. The highest BCUT2D eigenvalue weighted by Crippen LogP contribution is 2.39. The third kappa shape index (κ3) is 4.36. The highest BCUT2D eigenvalue weighted by atomic mass is 35.5. The summed E-state index contributed by atoms with van der Waals surface area (Å²) in [6.07, 6.45) is 0. The van der Waals surface area contributed by atoms with Crippen molar-refractivity contribution < 1.29 is 27.4 Å². The number of nitrogens with two attached hydrogens (primary N) is 1. The van der Waals surface area contributed by atoms with E-state index in [4.69, 9.17) is 24.7 Å². The molecule has 0 aliphatic carbocycles. The maximum absolute atomic E-state index is 12.7. The fourth-order valence-corrected chi connectivity index (χ4v) is 3.30. The van der Waals surface area contributed by atoms with Gasteiger partial charge in [0.1, 0.15) is 5.75 Å². The van der Waals surface area contributed by atoms with Gasteiger partial charge in [0.05, 0.1) is 44.7 Å². The Balaban J connectivity index is 0.00000338. The molecule has 8 nitrogen and oxygen atoms in total. The Hall–Kier alpha value is -2.52. The molecule has 0 radical (unpaired) electrons. The van der Waals surface area contributed by atoms with Gasteiger partial charge in [0.25, 0.3) is 10.0 Å². The predicted octanol–water partition coefficient (Wildman–Crippen LogP) is 2.53. The van der Waals surface area contributed by atoms with Crippen molar-refractivity contribution in [1.29, 1.82) is 0 Å². The summed E-state index contributed by atoms with van der Waals surface area (Å²) < 4.78 is 48.4. The summed E-state index contributed by atoms with van der Waals surface area (Å²) in [6, 6.07) is 7.27. The fourth-order valence-electron chi connectivity index (χ4n) is 2.22. The lowest BCUT2D eigenvalue weighted by Crippen LogP contribution is -2.14. The highest BCUT2D eigenvalue weighted by molar-refractivity contribution is 7.92. The lowest BCUT2D eigenvalue weighted by Gasteiger charge is -2.15. The van der Waals surface area contributed by atoms with Crippen LogP contribution in [0.4, 0.5) is 11.4 Å². The minimum Gasteiger partial charge on any atom is -0.495 e. The molecule has 0 aromatic heterocycles. The molecule has 0 saturated heterocycles. The zero-order chi connectivity index (χ0) is 18.6. The van der Waals surface area contributed by atoms with Gasteiger partial charge in [-0.15, -0.1) is 12.4 Å². The average molecular weight is 405 g/mol. The number of sulfonamides is 1. The lowest BCUT2D eigenvalue weighted by molar-refractivity contribution is 0.323. The van der Waals surface area contributed by atoms with E-state index in [1.54, 1.807) is 12.1 Å². The number of methoxy groups -OCH3 is 4. The van der Waals surface area contributed by atoms with Crippen molar-refractivity contribution in [2.24, 2.45) is 0 Å². The third-order valence-corrected chi connectivity index (χ3v) is 4.79. The summed E-state index contributed by atoms with van der Waals surface area (Å²) in [6.45, 7) is 0. The number of nitrogen functional groups attached to an aromatic ring is 1. The Bertz CT molecular complexity index is 848. The number of halogens is 1. The predicted molar refractivity (Wildman–Crippen MR) is 102 cm³/mol. The van der Waals surface area contributed by atoms with E-state index in [0.717, 1.165) is 0 Å². The number of hydrogen-bond acceptors (Lipinski definition) is 7. The van der Waals surface area contributed by atoms with E-state index in [9.17, 15) is 8.42 Å². The van der Waals surface area contributed by atoms with Gasteiger partial charge in [-0.25, -0.2) is 8.42 Å². The Morgan fingerprint density at radius 2 is 1.38 bits per heavy atom. The van der Waals surface area contributed by atoms with Crippen molar-refractivity contribution in [2.45, 2.75) is 4.90 Å². The SMILES string of the molecule is COc1ccc(NS(=O)(=O)c2cc(OC)c(OC)c(OC)c2)cc1N.Cl. The lowest BCUT2D eigenvalue weighted by atomic mass is 10.2. The van der Waals surface area contributed by atoms with Crippen LogP contribution in [-0.2, 0) is 10.0 Å². The van der Waals surface area contributed by atoms with Crippen molar-refractivity contribution >= 4 is 33.8 Å². The van der Waals surface area contributed by atoms with E-state index < -0.39 is 10.0 Å². The monoisotopic (exact) mass is 404 g/mol. The zero-order valence-corrected chi connectivity index (χ0v) is 16.4. The van der Waals surface area contributed by atoms with Crippen LogP contribution < -0.4 is 29.4 Å². The molecule has 0 aliphatic rings. The molecule has 0 amide bonds. The number of benzene rings is 2. The average Bonchev–Trinajstić information content (AvgIpc) is 2.60. The normalized spacial score (nSPS) is 10.5. The maximum Gasteiger partial charge on any atom is 0.262 e. The van der Waals surface area contributed by atoms with E-state index in [1.165, 1.54) is 46.6 Å². The number of hydrogen-bond donors (Lipinski definition) is 2. The minimum atomic E-state index is -3.90. The second kappa shape index (κ2) is 8.72. The van der Waals surface area contributed by atoms with E-state index in [1.807, 2.05) is 0 Å². The standard InChI is InChI=1S/C16H20N2O6S.ClH/c1-21-13-6-5-10(7-12(13)17)18-25(19,20)11-8-14(22-2)16(24-4)15(9-11)23-3;/h5-9,18H,17H2,1-4H3;1H. The topological polar surface area (TPSA) is 109 Å².